The Hall–Kier alpha value is -4.40. The third kappa shape index (κ3) is 5.01. The van der Waals surface area contributed by atoms with Crippen LogP contribution in [0.3, 0.4) is 0 Å². The lowest BCUT2D eigenvalue weighted by molar-refractivity contribution is -0.141. The lowest BCUT2D eigenvalue weighted by Gasteiger charge is -2.39. The minimum atomic E-state index is -0.494. The highest BCUT2D eigenvalue weighted by Crippen LogP contribution is 2.38. The molecule has 0 spiro atoms. The monoisotopic (exact) mass is 553 g/mol. The van der Waals surface area contributed by atoms with Gasteiger partial charge in [0.1, 0.15) is 17.2 Å². The van der Waals surface area contributed by atoms with E-state index in [-0.39, 0.29) is 47.5 Å². The van der Waals surface area contributed by atoms with Crippen LogP contribution in [-0.2, 0) is 4.79 Å². The van der Waals surface area contributed by atoms with Crippen molar-refractivity contribution in [2.75, 3.05) is 13.1 Å². The number of nitrogens with zero attached hydrogens (tertiary/aromatic N) is 4. The first kappa shape index (κ1) is 26.8. The fourth-order valence-corrected chi connectivity index (χ4v) is 6.07. The minimum Gasteiger partial charge on any atom is -0.352 e. The molecule has 6 rings (SSSR count). The zero-order valence-corrected chi connectivity index (χ0v) is 23.3. The topological polar surface area (TPSA) is 99.3 Å². The van der Waals surface area contributed by atoms with Gasteiger partial charge in [0.25, 0.3) is 5.91 Å². The first-order valence-corrected chi connectivity index (χ1v) is 13.9. The van der Waals surface area contributed by atoms with Crippen molar-refractivity contribution in [1.82, 2.24) is 24.8 Å². The van der Waals surface area contributed by atoms with Gasteiger partial charge in [0.2, 0.25) is 5.91 Å². The maximum absolute atomic E-state index is 14.1. The number of piperazine rings is 1. The van der Waals surface area contributed by atoms with Gasteiger partial charge in [0.15, 0.2) is 5.78 Å². The summed E-state index contributed by atoms with van der Waals surface area (Å²) in [5, 5.41) is 0.962. The molecule has 41 heavy (non-hydrogen) atoms. The largest absolute Gasteiger partial charge is 0.352 e. The molecule has 8 nitrogen and oxygen atoms in total. The molecule has 1 N–H and O–H groups in total. The van der Waals surface area contributed by atoms with Crippen molar-refractivity contribution in [3.63, 3.8) is 0 Å². The predicted molar refractivity (Wildman–Crippen MR) is 153 cm³/mol. The summed E-state index contributed by atoms with van der Waals surface area (Å²) in [7, 11) is 0. The molecule has 2 bridgehead atoms. The smallest absolute Gasteiger partial charge is 0.272 e. The van der Waals surface area contributed by atoms with Crippen molar-refractivity contribution in [2.24, 2.45) is 11.3 Å². The number of para-hydroxylation sites is 1. The molecule has 0 aliphatic carbocycles. The minimum absolute atomic E-state index is 0.0403. The molecule has 210 valence electrons. The molecular formula is C32H32FN5O3. The molecule has 2 aliphatic heterocycles. The van der Waals surface area contributed by atoms with E-state index >= 15 is 0 Å². The van der Waals surface area contributed by atoms with Crippen LogP contribution in [-0.4, -0.2) is 67.5 Å². The number of nitrogens with one attached hydrogen (secondary N) is 1. The third-order valence-corrected chi connectivity index (χ3v) is 8.36. The number of rotatable bonds is 6. The number of pyridine rings is 2. The highest BCUT2D eigenvalue weighted by atomic mass is 19.1. The second kappa shape index (κ2) is 10.2. The third-order valence-electron chi connectivity index (χ3n) is 8.36. The SMILES string of the molecule is CC(C)(C)[C@H](CC(=O)c1cc2ccccc2[nH]1)C(=O)N1C[C@@H]2C[C@H]1CN2C(=O)c1ccc(-c2ncccc2F)cn1. The highest BCUT2D eigenvalue weighted by molar-refractivity contribution is 6.01. The Kier molecular flexibility index (Phi) is 6.68. The normalized spacial score (nSPS) is 19.1. The number of carbonyl (C=O) groups excluding carboxylic acids is 3. The Balaban J connectivity index is 1.13. The molecule has 2 fully saturated rings. The van der Waals surface area contributed by atoms with Crippen molar-refractivity contribution < 1.29 is 18.8 Å². The van der Waals surface area contributed by atoms with Gasteiger partial charge in [-0.05, 0) is 48.2 Å². The van der Waals surface area contributed by atoms with E-state index in [0.717, 1.165) is 10.9 Å². The summed E-state index contributed by atoms with van der Waals surface area (Å²) in [6.07, 6.45) is 3.77. The summed E-state index contributed by atoms with van der Waals surface area (Å²) in [4.78, 5) is 55.7. The molecule has 1 aromatic carbocycles. The van der Waals surface area contributed by atoms with Crippen LogP contribution in [0.4, 0.5) is 4.39 Å². The van der Waals surface area contributed by atoms with Crippen LogP contribution >= 0.6 is 0 Å². The quantitative estimate of drug-likeness (QED) is 0.334. The molecule has 2 amide bonds. The lowest BCUT2D eigenvalue weighted by Crippen LogP contribution is -2.53. The summed E-state index contributed by atoms with van der Waals surface area (Å²) in [6.45, 7) is 6.82. The van der Waals surface area contributed by atoms with E-state index in [1.165, 1.54) is 24.5 Å². The van der Waals surface area contributed by atoms with Gasteiger partial charge in [-0.15, -0.1) is 0 Å². The van der Waals surface area contributed by atoms with E-state index in [1.807, 2.05) is 56.0 Å². The summed E-state index contributed by atoms with van der Waals surface area (Å²) >= 11 is 0. The summed E-state index contributed by atoms with van der Waals surface area (Å²) in [5.74, 6) is -1.28. The lowest BCUT2D eigenvalue weighted by atomic mass is 9.76. The molecule has 0 radical (unpaired) electrons. The Bertz CT molecular complexity index is 1610. The summed E-state index contributed by atoms with van der Waals surface area (Å²) in [5.41, 5.74) is 1.93. The maximum atomic E-state index is 14.1. The average Bonchev–Trinajstić information content (AvgIpc) is 3.69. The number of carbonyl (C=O) groups is 3. The maximum Gasteiger partial charge on any atom is 0.272 e. The number of amides is 2. The van der Waals surface area contributed by atoms with Crippen LogP contribution in [0.15, 0.2) is 67.0 Å². The van der Waals surface area contributed by atoms with Gasteiger partial charge in [-0.2, -0.15) is 0 Å². The number of benzene rings is 1. The van der Waals surface area contributed by atoms with E-state index in [0.29, 0.717) is 30.8 Å². The van der Waals surface area contributed by atoms with Crippen LogP contribution in [0, 0.1) is 17.2 Å². The van der Waals surface area contributed by atoms with E-state index in [4.69, 9.17) is 0 Å². The molecule has 0 unspecified atom stereocenters. The van der Waals surface area contributed by atoms with Crippen molar-refractivity contribution in [2.45, 2.75) is 45.7 Å². The average molecular weight is 554 g/mol. The fourth-order valence-electron chi connectivity index (χ4n) is 6.07. The van der Waals surface area contributed by atoms with Gasteiger partial charge >= 0.3 is 0 Å². The number of hydrogen-bond donors (Lipinski definition) is 1. The number of Topliss-reactive ketones (excluding diaryl/α,β-unsaturated/α-hetero) is 1. The Morgan fingerprint density at radius 2 is 1.76 bits per heavy atom. The number of hydrogen-bond acceptors (Lipinski definition) is 5. The Labute approximate surface area is 237 Å². The highest BCUT2D eigenvalue weighted by Gasteiger charge is 2.50. The number of likely N-dealkylation sites (tertiary alicyclic amines) is 2. The standard InChI is InChI=1S/C32H32FN5O3/c1-32(2,3)23(15-28(39)27-13-19-7-4-5-9-25(19)36-27)30(40)37-17-22-14-21(37)18-38(22)31(41)26-11-10-20(16-35-26)29-24(33)8-6-12-34-29/h4-13,16,21-23,36H,14-15,17-18H2,1-3H3/t21-,22-,23+/m0/s1. The van der Waals surface area contributed by atoms with Crippen molar-refractivity contribution >= 4 is 28.5 Å². The van der Waals surface area contributed by atoms with Gasteiger partial charge in [0.05, 0.1) is 23.7 Å². The van der Waals surface area contributed by atoms with Crippen LogP contribution in [0.25, 0.3) is 22.2 Å². The Morgan fingerprint density at radius 1 is 1.00 bits per heavy atom. The molecule has 2 aliphatic rings. The van der Waals surface area contributed by atoms with Gasteiger partial charge in [-0.25, -0.2) is 4.39 Å². The van der Waals surface area contributed by atoms with Gasteiger partial charge in [-0.1, -0.05) is 39.0 Å². The molecule has 3 aromatic heterocycles. The van der Waals surface area contributed by atoms with Crippen molar-refractivity contribution in [1.29, 1.82) is 0 Å². The predicted octanol–water partition coefficient (Wildman–Crippen LogP) is 5.12. The molecule has 4 aromatic rings. The molecule has 0 saturated carbocycles. The number of fused-ring (bicyclic) bond motifs is 3. The second-order valence-corrected chi connectivity index (χ2v) is 12.1. The second-order valence-electron chi connectivity index (χ2n) is 12.1. The first-order valence-electron chi connectivity index (χ1n) is 13.9. The van der Waals surface area contributed by atoms with Gasteiger partial charge in [-0.3, -0.25) is 24.4 Å². The molecular weight excluding hydrogens is 521 g/mol. The summed E-state index contributed by atoms with van der Waals surface area (Å²) < 4.78 is 14.1. The number of halogens is 1. The van der Waals surface area contributed by atoms with Crippen molar-refractivity contribution in [3.8, 4) is 11.3 Å². The van der Waals surface area contributed by atoms with E-state index in [1.54, 1.807) is 17.0 Å². The van der Waals surface area contributed by atoms with E-state index < -0.39 is 17.2 Å². The number of ketones is 1. The van der Waals surface area contributed by atoms with Crippen LogP contribution in [0.2, 0.25) is 0 Å². The molecule has 3 atom stereocenters. The Morgan fingerprint density at radius 3 is 2.41 bits per heavy atom. The van der Waals surface area contributed by atoms with Crippen LogP contribution < -0.4 is 0 Å². The number of H-pyrrole nitrogens is 1. The van der Waals surface area contributed by atoms with E-state index in [2.05, 4.69) is 15.0 Å². The molecule has 9 heteroatoms. The van der Waals surface area contributed by atoms with Crippen molar-refractivity contribution in [3.05, 3.63) is 84.2 Å². The summed E-state index contributed by atoms with van der Waals surface area (Å²) in [6, 6.07) is 15.4. The van der Waals surface area contributed by atoms with Crippen LogP contribution in [0.1, 0.15) is 54.6 Å². The molecule has 5 heterocycles. The van der Waals surface area contributed by atoms with Crippen LogP contribution in [0.5, 0.6) is 0 Å². The first-order chi connectivity index (χ1) is 19.6. The zero-order chi connectivity index (χ0) is 28.9. The van der Waals surface area contributed by atoms with E-state index in [9.17, 15) is 18.8 Å². The molecule has 2 saturated heterocycles. The fraction of sp³-hybridized carbons (Fsp3) is 0.344. The number of aromatic amines is 1. The zero-order valence-electron chi connectivity index (χ0n) is 23.3. The van der Waals surface area contributed by atoms with Gasteiger partial charge in [0, 0.05) is 48.4 Å². The van der Waals surface area contributed by atoms with Gasteiger partial charge < -0.3 is 14.8 Å². The number of aromatic nitrogens is 3.